The third-order valence-electron chi connectivity index (χ3n) is 4.05. The Balaban J connectivity index is 2.62. The highest BCUT2D eigenvalue weighted by Crippen LogP contribution is 2.18. The van der Waals surface area contributed by atoms with Crippen LogP contribution in [0.4, 0.5) is 0 Å². The Morgan fingerprint density at radius 3 is 2.42 bits per heavy atom. The molecule has 0 aliphatic carbocycles. The Morgan fingerprint density at radius 1 is 1.32 bits per heavy atom. The van der Waals surface area contributed by atoms with E-state index < -0.39 is 0 Å². The molecule has 0 aliphatic rings. The van der Waals surface area contributed by atoms with Crippen molar-refractivity contribution in [2.75, 3.05) is 6.54 Å². The zero-order chi connectivity index (χ0) is 14.5. The number of hydrogen-bond donors (Lipinski definition) is 1. The molecule has 4 heteroatoms. The minimum atomic E-state index is -0.375. The highest BCUT2D eigenvalue weighted by Gasteiger charge is 2.25. The van der Waals surface area contributed by atoms with E-state index in [1.54, 1.807) is 0 Å². The van der Waals surface area contributed by atoms with E-state index >= 15 is 0 Å². The van der Waals surface area contributed by atoms with E-state index in [0.717, 1.165) is 38.0 Å². The molecule has 1 heterocycles. The molecule has 0 saturated carbocycles. The number of aromatic nitrogens is 2. The van der Waals surface area contributed by atoms with Crippen LogP contribution < -0.4 is 5.32 Å². The van der Waals surface area contributed by atoms with Gasteiger partial charge in [0.05, 0.1) is 11.8 Å². The quantitative estimate of drug-likeness (QED) is 0.822. The number of aryl methyl sites for hydroxylation is 2. The highest BCUT2D eigenvalue weighted by atomic mass is 15.3. The van der Waals surface area contributed by atoms with Gasteiger partial charge >= 0.3 is 0 Å². The summed E-state index contributed by atoms with van der Waals surface area (Å²) in [6.45, 7) is 12.1. The van der Waals surface area contributed by atoms with Gasteiger partial charge < -0.3 is 0 Å². The van der Waals surface area contributed by atoms with Gasteiger partial charge in [0.2, 0.25) is 0 Å². The van der Waals surface area contributed by atoms with Crippen LogP contribution in [0.2, 0.25) is 0 Å². The zero-order valence-corrected chi connectivity index (χ0v) is 12.9. The third kappa shape index (κ3) is 3.57. The largest absolute Gasteiger partial charge is 0.300 e. The van der Waals surface area contributed by atoms with E-state index in [4.69, 9.17) is 0 Å². The average Bonchev–Trinajstić information content (AvgIpc) is 2.65. The first kappa shape index (κ1) is 15.7. The lowest BCUT2D eigenvalue weighted by atomic mass is 9.92. The lowest BCUT2D eigenvalue weighted by Crippen LogP contribution is -2.43. The van der Waals surface area contributed by atoms with Gasteiger partial charge in [-0.25, -0.2) is 0 Å². The summed E-state index contributed by atoms with van der Waals surface area (Å²) in [7, 11) is 0. The average molecular weight is 262 g/mol. The van der Waals surface area contributed by atoms with Crippen LogP contribution in [0.15, 0.2) is 0 Å². The second kappa shape index (κ2) is 6.72. The molecule has 0 bridgehead atoms. The summed E-state index contributed by atoms with van der Waals surface area (Å²) in [6.07, 6.45) is 2.68. The first-order valence-corrected chi connectivity index (χ1v) is 7.16. The normalized spacial score (nSPS) is 14.1. The summed E-state index contributed by atoms with van der Waals surface area (Å²) in [5.74, 6) is 0. The van der Waals surface area contributed by atoms with E-state index in [-0.39, 0.29) is 5.54 Å². The van der Waals surface area contributed by atoms with E-state index in [1.165, 1.54) is 11.3 Å². The molecule has 1 rings (SSSR count). The molecule has 4 nitrogen and oxygen atoms in total. The summed E-state index contributed by atoms with van der Waals surface area (Å²) in [5.41, 5.74) is 3.24. The summed E-state index contributed by atoms with van der Waals surface area (Å²) in [5, 5.41) is 17.2. The van der Waals surface area contributed by atoms with Gasteiger partial charge in [0.1, 0.15) is 5.54 Å². The monoisotopic (exact) mass is 262 g/mol. The Hall–Kier alpha value is -1.34. The van der Waals surface area contributed by atoms with Crippen molar-refractivity contribution < 1.29 is 0 Å². The fraction of sp³-hybridized carbons (Fsp3) is 0.733. The van der Waals surface area contributed by atoms with Crippen molar-refractivity contribution in [1.29, 1.82) is 5.26 Å². The topological polar surface area (TPSA) is 53.6 Å². The number of rotatable bonds is 7. The van der Waals surface area contributed by atoms with Crippen molar-refractivity contribution in [3.05, 3.63) is 17.0 Å². The molecule has 0 aliphatic heterocycles. The van der Waals surface area contributed by atoms with Gasteiger partial charge in [-0.05, 0) is 52.1 Å². The van der Waals surface area contributed by atoms with Gasteiger partial charge in [0, 0.05) is 12.2 Å². The third-order valence-corrected chi connectivity index (χ3v) is 4.05. The lowest BCUT2D eigenvalue weighted by Gasteiger charge is -2.26. The minimum absolute atomic E-state index is 0.375. The van der Waals surface area contributed by atoms with Crippen LogP contribution in [0.25, 0.3) is 0 Å². The van der Waals surface area contributed by atoms with Crippen molar-refractivity contribution in [1.82, 2.24) is 15.1 Å². The second-order valence-corrected chi connectivity index (χ2v) is 5.20. The number of nitrogens with one attached hydrogen (secondary N) is 1. The molecule has 0 fully saturated rings. The van der Waals surface area contributed by atoms with E-state index in [2.05, 4.69) is 41.9 Å². The van der Waals surface area contributed by atoms with Gasteiger partial charge in [0.25, 0.3) is 0 Å². The number of nitrogens with zero attached hydrogens (tertiary/aromatic N) is 3. The molecular formula is C15H26N4. The lowest BCUT2D eigenvalue weighted by molar-refractivity contribution is 0.357. The highest BCUT2D eigenvalue weighted by molar-refractivity contribution is 5.22. The maximum absolute atomic E-state index is 9.37. The van der Waals surface area contributed by atoms with Gasteiger partial charge in [-0.1, -0.05) is 13.8 Å². The van der Waals surface area contributed by atoms with Crippen molar-refractivity contribution >= 4 is 0 Å². The second-order valence-electron chi connectivity index (χ2n) is 5.20. The molecule has 1 aromatic heterocycles. The maximum Gasteiger partial charge on any atom is 0.106 e. The molecule has 0 amide bonds. The van der Waals surface area contributed by atoms with Gasteiger partial charge in [-0.3, -0.25) is 10.00 Å². The Labute approximate surface area is 116 Å². The predicted molar refractivity (Wildman–Crippen MR) is 78.0 cm³/mol. The minimum Gasteiger partial charge on any atom is -0.300 e. The van der Waals surface area contributed by atoms with E-state index in [0.29, 0.717) is 0 Å². The SMILES string of the molecule is CCNC(C#N)(CC)CCCn1nc(C)c(C)c1C. The first-order chi connectivity index (χ1) is 8.99. The van der Waals surface area contributed by atoms with Crippen LogP contribution in [-0.2, 0) is 6.54 Å². The summed E-state index contributed by atoms with van der Waals surface area (Å²) in [6, 6.07) is 2.44. The van der Waals surface area contributed by atoms with Gasteiger partial charge in [0.15, 0.2) is 0 Å². The molecule has 0 aromatic carbocycles. The smallest absolute Gasteiger partial charge is 0.106 e. The van der Waals surface area contributed by atoms with E-state index in [1.807, 2.05) is 13.8 Å². The maximum atomic E-state index is 9.37. The van der Waals surface area contributed by atoms with Crippen LogP contribution in [0.3, 0.4) is 0 Å². The Morgan fingerprint density at radius 2 is 2.00 bits per heavy atom. The van der Waals surface area contributed by atoms with Crippen molar-refractivity contribution in [2.24, 2.45) is 0 Å². The van der Waals surface area contributed by atoms with Crippen LogP contribution in [0, 0.1) is 32.1 Å². The molecular weight excluding hydrogens is 236 g/mol. The molecule has 106 valence electrons. The van der Waals surface area contributed by atoms with Crippen LogP contribution >= 0.6 is 0 Å². The number of nitriles is 1. The van der Waals surface area contributed by atoms with Crippen LogP contribution in [0.5, 0.6) is 0 Å². The molecule has 1 aromatic rings. The zero-order valence-electron chi connectivity index (χ0n) is 12.9. The standard InChI is InChI=1S/C15H26N4/c1-6-15(11-16,17-7-2)9-8-10-19-14(5)12(3)13(4)18-19/h17H,6-10H2,1-5H3. The molecule has 19 heavy (non-hydrogen) atoms. The van der Waals surface area contributed by atoms with Gasteiger partial charge in [-0.2, -0.15) is 10.4 Å². The fourth-order valence-corrected chi connectivity index (χ4v) is 2.44. The van der Waals surface area contributed by atoms with Gasteiger partial charge in [-0.15, -0.1) is 0 Å². The van der Waals surface area contributed by atoms with E-state index in [9.17, 15) is 5.26 Å². The van der Waals surface area contributed by atoms with Crippen LogP contribution in [-0.4, -0.2) is 21.9 Å². The van der Waals surface area contributed by atoms with Crippen LogP contribution in [0.1, 0.15) is 50.1 Å². The first-order valence-electron chi connectivity index (χ1n) is 7.16. The predicted octanol–water partition coefficient (Wildman–Crippen LogP) is 2.87. The molecule has 0 radical (unpaired) electrons. The van der Waals surface area contributed by atoms with Crippen molar-refractivity contribution in [3.63, 3.8) is 0 Å². The molecule has 1 atom stereocenters. The van der Waals surface area contributed by atoms with Crippen molar-refractivity contribution in [3.8, 4) is 6.07 Å². The summed E-state index contributed by atoms with van der Waals surface area (Å²) in [4.78, 5) is 0. The molecule has 0 saturated heterocycles. The summed E-state index contributed by atoms with van der Waals surface area (Å²) >= 11 is 0. The summed E-state index contributed by atoms with van der Waals surface area (Å²) < 4.78 is 2.06. The molecule has 1 N–H and O–H groups in total. The molecule has 0 spiro atoms. The number of hydrogen-bond acceptors (Lipinski definition) is 3. The Kier molecular flexibility index (Phi) is 5.56. The fourth-order valence-electron chi connectivity index (χ4n) is 2.44. The molecule has 1 unspecified atom stereocenters. The Bertz CT molecular complexity index is 455. The van der Waals surface area contributed by atoms with Crippen molar-refractivity contribution in [2.45, 2.75) is 66.0 Å².